The van der Waals surface area contributed by atoms with Crippen molar-refractivity contribution in [2.45, 2.75) is 32.2 Å². The maximum atomic E-state index is 12.4. The Morgan fingerprint density at radius 1 is 1.20 bits per heavy atom. The Kier molecular flexibility index (Phi) is 6.45. The van der Waals surface area contributed by atoms with E-state index in [4.69, 9.17) is 4.74 Å². The molecule has 0 spiro atoms. The van der Waals surface area contributed by atoms with Crippen LogP contribution in [0.2, 0.25) is 0 Å². The van der Waals surface area contributed by atoms with Crippen molar-refractivity contribution >= 4 is 0 Å². The van der Waals surface area contributed by atoms with E-state index < -0.39 is 17.8 Å². The fraction of sp³-hybridized carbons (Fsp3) is 0.571. The normalized spacial score (nSPS) is 13.8. The van der Waals surface area contributed by atoms with Gasteiger partial charge in [-0.2, -0.15) is 13.2 Å². The van der Waals surface area contributed by atoms with Crippen molar-refractivity contribution in [3.05, 3.63) is 35.4 Å². The zero-order valence-electron chi connectivity index (χ0n) is 11.6. The Morgan fingerprint density at radius 2 is 1.80 bits per heavy atom. The van der Waals surface area contributed by atoms with E-state index in [1.807, 2.05) is 13.8 Å². The summed E-state index contributed by atoms with van der Waals surface area (Å²) in [5, 5.41) is 12.8. The van der Waals surface area contributed by atoms with Crippen LogP contribution in [-0.4, -0.2) is 30.9 Å². The first-order chi connectivity index (χ1) is 9.30. The van der Waals surface area contributed by atoms with Gasteiger partial charge in [0.1, 0.15) is 0 Å². The summed E-state index contributed by atoms with van der Waals surface area (Å²) >= 11 is 0. The van der Waals surface area contributed by atoms with Crippen molar-refractivity contribution in [2.75, 3.05) is 19.7 Å². The highest BCUT2D eigenvalue weighted by Crippen LogP contribution is 2.29. The van der Waals surface area contributed by atoms with Gasteiger partial charge in [0.15, 0.2) is 0 Å². The van der Waals surface area contributed by atoms with Crippen LogP contribution in [0.4, 0.5) is 13.2 Å². The molecule has 0 aliphatic carbocycles. The molecule has 6 heteroatoms. The Bertz CT molecular complexity index is 390. The molecule has 1 unspecified atom stereocenters. The minimum Gasteiger partial charge on any atom is -0.387 e. The maximum absolute atomic E-state index is 12.4. The van der Waals surface area contributed by atoms with Gasteiger partial charge in [0.25, 0.3) is 0 Å². The Morgan fingerprint density at radius 3 is 2.30 bits per heavy atom. The lowest BCUT2D eigenvalue weighted by atomic mass is 10.1. The Labute approximate surface area is 116 Å². The molecule has 0 aromatic heterocycles. The van der Waals surface area contributed by atoms with E-state index in [0.29, 0.717) is 18.7 Å². The van der Waals surface area contributed by atoms with E-state index in [0.717, 1.165) is 12.1 Å². The summed E-state index contributed by atoms with van der Waals surface area (Å²) in [7, 11) is 0. The summed E-state index contributed by atoms with van der Waals surface area (Å²) in [6.07, 6.45) is -5.04. The van der Waals surface area contributed by atoms with Crippen molar-refractivity contribution in [2.24, 2.45) is 0 Å². The third kappa shape index (κ3) is 5.90. The lowest BCUT2D eigenvalue weighted by molar-refractivity contribution is -0.137. The zero-order chi connectivity index (χ0) is 15.2. The van der Waals surface area contributed by atoms with E-state index >= 15 is 0 Å². The van der Waals surface area contributed by atoms with Crippen LogP contribution >= 0.6 is 0 Å². The average Bonchev–Trinajstić information content (AvgIpc) is 2.37. The van der Waals surface area contributed by atoms with Crippen LogP contribution in [0.1, 0.15) is 31.1 Å². The van der Waals surface area contributed by atoms with Crippen LogP contribution in [0.25, 0.3) is 0 Å². The summed E-state index contributed by atoms with van der Waals surface area (Å²) in [5.41, 5.74) is -0.262. The summed E-state index contributed by atoms with van der Waals surface area (Å²) in [4.78, 5) is 0. The Balaban J connectivity index is 2.38. The van der Waals surface area contributed by atoms with Gasteiger partial charge in [0, 0.05) is 13.1 Å². The molecular weight excluding hydrogens is 271 g/mol. The van der Waals surface area contributed by atoms with Crippen molar-refractivity contribution in [3.63, 3.8) is 0 Å². The van der Waals surface area contributed by atoms with Gasteiger partial charge in [0.2, 0.25) is 0 Å². The third-order valence-electron chi connectivity index (χ3n) is 2.69. The summed E-state index contributed by atoms with van der Waals surface area (Å²) < 4.78 is 42.5. The number of halogens is 3. The monoisotopic (exact) mass is 291 g/mol. The molecular formula is C14H20F3NO2. The molecule has 0 aliphatic heterocycles. The molecule has 2 N–H and O–H groups in total. The second-order valence-corrected chi connectivity index (χ2v) is 4.76. The SMILES string of the molecule is CC(C)OCCNCC(O)c1ccc(C(F)(F)F)cc1. The average molecular weight is 291 g/mol. The summed E-state index contributed by atoms with van der Waals surface area (Å²) in [6, 6.07) is 4.53. The summed E-state index contributed by atoms with van der Waals surface area (Å²) in [5.74, 6) is 0. The molecule has 1 aromatic carbocycles. The van der Waals surface area contributed by atoms with Gasteiger partial charge in [-0.1, -0.05) is 12.1 Å². The minimum atomic E-state index is -4.35. The lowest BCUT2D eigenvalue weighted by Gasteiger charge is -2.14. The van der Waals surface area contributed by atoms with Gasteiger partial charge >= 0.3 is 6.18 Å². The Hall–Kier alpha value is -1.11. The number of benzene rings is 1. The van der Waals surface area contributed by atoms with E-state index in [1.54, 1.807) is 0 Å². The van der Waals surface area contributed by atoms with Gasteiger partial charge in [0.05, 0.1) is 24.4 Å². The highest BCUT2D eigenvalue weighted by Gasteiger charge is 2.30. The highest BCUT2D eigenvalue weighted by molar-refractivity contribution is 5.26. The molecule has 3 nitrogen and oxygen atoms in total. The van der Waals surface area contributed by atoms with Crippen LogP contribution < -0.4 is 5.32 Å². The number of rotatable bonds is 7. The maximum Gasteiger partial charge on any atom is 0.416 e. The number of alkyl halides is 3. The van der Waals surface area contributed by atoms with Gasteiger partial charge < -0.3 is 15.2 Å². The molecule has 0 radical (unpaired) electrons. The fourth-order valence-corrected chi connectivity index (χ4v) is 1.62. The first-order valence-corrected chi connectivity index (χ1v) is 6.48. The zero-order valence-corrected chi connectivity index (χ0v) is 11.6. The van der Waals surface area contributed by atoms with Crippen LogP contribution in [0, 0.1) is 0 Å². The molecule has 0 amide bonds. The van der Waals surface area contributed by atoms with Crippen molar-refractivity contribution in [3.8, 4) is 0 Å². The van der Waals surface area contributed by atoms with Crippen LogP contribution in [0.15, 0.2) is 24.3 Å². The standard InChI is InChI=1S/C14H20F3NO2/c1-10(2)20-8-7-18-9-13(19)11-3-5-12(6-4-11)14(15,16)17/h3-6,10,13,18-19H,7-9H2,1-2H3. The number of ether oxygens (including phenoxy) is 1. The van der Waals surface area contributed by atoms with E-state index in [2.05, 4.69) is 5.32 Å². The lowest BCUT2D eigenvalue weighted by Crippen LogP contribution is -2.26. The largest absolute Gasteiger partial charge is 0.416 e. The predicted molar refractivity (Wildman–Crippen MR) is 70.4 cm³/mol. The number of hydrogen-bond donors (Lipinski definition) is 2. The molecule has 0 saturated carbocycles. The second kappa shape index (κ2) is 7.61. The van der Waals surface area contributed by atoms with Gasteiger partial charge in [-0.25, -0.2) is 0 Å². The molecule has 0 aliphatic rings. The quantitative estimate of drug-likeness (QED) is 0.759. The van der Waals surface area contributed by atoms with E-state index in [1.165, 1.54) is 12.1 Å². The molecule has 1 rings (SSSR count). The summed E-state index contributed by atoms with van der Waals surface area (Å²) in [6.45, 7) is 5.23. The van der Waals surface area contributed by atoms with Crippen LogP contribution in [0.5, 0.6) is 0 Å². The molecule has 1 aromatic rings. The molecule has 1 atom stereocenters. The number of aliphatic hydroxyl groups excluding tert-OH is 1. The number of nitrogens with one attached hydrogen (secondary N) is 1. The third-order valence-corrected chi connectivity index (χ3v) is 2.69. The van der Waals surface area contributed by atoms with Gasteiger partial charge in [-0.3, -0.25) is 0 Å². The molecule has 0 fully saturated rings. The molecule has 0 bridgehead atoms. The van der Waals surface area contributed by atoms with Crippen molar-refractivity contribution < 1.29 is 23.0 Å². The number of hydrogen-bond acceptors (Lipinski definition) is 3. The first kappa shape index (κ1) is 16.9. The smallest absolute Gasteiger partial charge is 0.387 e. The second-order valence-electron chi connectivity index (χ2n) is 4.76. The molecule has 114 valence electrons. The van der Waals surface area contributed by atoms with Crippen molar-refractivity contribution in [1.82, 2.24) is 5.32 Å². The predicted octanol–water partition coefficient (Wildman–Crippen LogP) is 2.75. The van der Waals surface area contributed by atoms with E-state index in [9.17, 15) is 18.3 Å². The van der Waals surface area contributed by atoms with Crippen LogP contribution in [-0.2, 0) is 10.9 Å². The number of aliphatic hydroxyl groups is 1. The molecule has 0 saturated heterocycles. The van der Waals surface area contributed by atoms with Gasteiger partial charge in [-0.05, 0) is 31.5 Å². The first-order valence-electron chi connectivity index (χ1n) is 6.48. The van der Waals surface area contributed by atoms with E-state index in [-0.39, 0.29) is 12.6 Å². The molecule has 20 heavy (non-hydrogen) atoms. The van der Waals surface area contributed by atoms with Gasteiger partial charge in [-0.15, -0.1) is 0 Å². The highest BCUT2D eigenvalue weighted by atomic mass is 19.4. The fourth-order valence-electron chi connectivity index (χ4n) is 1.62. The topological polar surface area (TPSA) is 41.5 Å². The minimum absolute atomic E-state index is 0.150. The molecule has 0 heterocycles. The van der Waals surface area contributed by atoms with Crippen molar-refractivity contribution in [1.29, 1.82) is 0 Å². The van der Waals surface area contributed by atoms with Crippen LogP contribution in [0.3, 0.4) is 0 Å².